The number of hydrogen-bond donors (Lipinski definition) is 2. The summed E-state index contributed by atoms with van der Waals surface area (Å²) in [4.78, 5) is 0. The molecule has 112 valence electrons. The Bertz CT molecular complexity index is 651. The molecular formula is C15H13ClF3NO. The third kappa shape index (κ3) is 3.20. The standard InChI is InChI=1S/C15H13ClF3NO/c16-11-3-1-2-9(14(11)19)10(7-20)15(21)8-4-5-12(17)13(18)6-8/h1-6,10,15,21H,7,20H2. The molecule has 0 fully saturated rings. The molecule has 0 saturated carbocycles. The monoisotopic (exact) mass is 315 g/mol. The number of aliphatic hydroxyl groups is 1. The number of hydrogen-bond acceptors (Lipinski definition) is 2. The summed E-state index contributed by atoms with van der Waals surface area (Å²) in [7, 11) is 0. The molecule has 0 radical (unpaired) electrons. The Morgan fingerprint density at radius 3 is 2.43 bits per heavy atom. The minimum absolute atomic E-state index is 0.0859. The van der Waals surface area contributed by atoms with Gasteiger partial charge in [0, 0.05) is 12.5 Å². The molecule has 0 aliphatic rings. The Hall–Kier alpha value is -1.56. The molecule has 2 aromatic rings. The van der Waals surface area contributed by atoms with Crippen LogP contribution in [0, 0.1) is 17.5 Å². The normalized spacial score (nSPS) is 14.0. The maximum atomic E-state index is 14.0. The van der Waals surface area contributed by atoms with E-state index in [0.717, 1.165) is 12.1 Å². The highest BCUT2D eigenvalue weighted by Gasteiger charge is 2.25. The molecular weight excluding hydrogens is 303 g/mol. The summed E-state index contributed by atoms with van der Waals surface area (Å²) in [6, 6.07) is 7.34. The molecule has 2 unspecified atom stereocenters. The van der Waals surface area contributed by atoms with Crippen molar-refractivity contribution in [2.75, 3.05) is 6.54 Å². The SMILES string of the molecule is NCC(c1cccc(Cl)c1F)C(O)c1ccc(F)c(F)c1. The quantitative estimate of drug-likeness (QED) is 0.906. The van der Waals surface area contributed by atoms with E-state index < -0.39 is 29.5 Å². The van der Waals surface area contributed by atoms with E-state index in [9.17, 15) is 18.3 Å². The van der Waals surface area contributed by atoms with Crippen LogP contribution in [0.25, 0.3) is 0 Å². The summed E-state index contributed by atoms with van der Waals surface area (Å²) in [5.74, 6) is -3.62. The van der Waals surface area contributed by atoms with Crippen LogP contribution in [-0.2, 0) is 0 Å². The van der Waals surface area contributed by atoms with Crippen LogP contribution in [0.4, 0.5) is 13.2 Å². The Morgan fingerprint density at radius 2 is 1.81 bits per heavy atom. The number of aliphatic hydroxyl groups excluding tert-OH is 1. The van der Waals surface area contributed by atoms with Crippen LogP contribution in [0.3, 0.4) is 0 Å². The molecule has 0 aromatic heterocycles. The maximum Gasteiger partial charge on any atom is 0.159 e. The van der Waals surface area contributed by atoms with E-state index in [1.807, 2.05) is 0 Å². The van der Waals surface area contributed by atoms with E-state index in [4.69, 9.17) is 17.3 Å². The van der Waals surface area contributed by atoms with Crippen molar-refractivity contribution in [3.05, 3.63) is 70.0 Å². The summed E-state index contributed by atoms with van der Waals surface area (Å²) in [5.41, 5.74) is 5.83. The van der Waals surface area contributed by atoms with Gasteiger partial charge in [-0.3, -0.25) is 0 Å². The van der Waals surface area contributed by atoms with Crippen LogP contribution in [-0.4, -0.2) is 11.7 Å². The van der Waals surface area contributed by atoms with Gasteiger partial charge in [-0.25, -0.2) is 13.2 Å². The minimum Gasteiger partial charge on any atom is -0.388 e. The van der Waals surface area contributed by atoms with Crippen molar-refractivity contribution < 1.29 is 18.3 Å². The van der Waals surface area contributed by atoms with E-state index >= 15 is 0 Å². The third-order valence-electron chi connectivity index (χ3n) is 3.30. The van der Waals surface area contributed by atoms with Gasteiger partial charge in [0.15, 0.2) is 11.6 Å². The number of benzene rings is 2. The first kappa shape index (κ1) is 15.8. The largest absolute Gasteiger partial charge is 0.388 e. The van der Waals surface area contributed by atoms with Crippen molar-refractivity contribution in [1.29, 1.82) is 0 Å². The van der Waals surface area contributed by atoms with Gasteiger partial charge in [0.25, 0.3) is 0 Å². The van der Waals surface area contributed by atoms with Crippen molar-refractivity contribution >= 4 is 11.6 Å². The molecule has 0 amide bonds. The van der Waals surface area contributed by atoms with Crippen LogP contribution < -0.4 is 5.73 Å². The van der Waals surface area contributed by atoms with Crippen molar-refractivity contribution in [2.24, 2.45) is 5.73 Å². The van der Waals surface area contributed by atoms with Gasteiger partial charge in [0.2, 0.25) is 0 Å². The molecule has 0 heterocycles. The lowest BCUT2D eigenvalue weighted by atomic mass is 9.89. The molecule has 2 nitrogen and oxygen atoms in total. The van der Waals surface area contributed by atoms with Gasteiger partial charge in [-0.2, -0.15) is 0 Å². The molecule has 3 N–H and O–H groups in total. The smallest absolute Gasteiger partial charge is 0.159 e. The zero-order valence-electron chi connectivity index (χ0n) is 10.9. The second-order valence-electron chi connectivity index (χ2n) is 4.60. The fraction of sp³-hybridized carbons (Fsp3) is 0.200. The van der Waals surface area contributed by atoms with Gasteiger partial charge in [0.1, 0.15) is 5.82 Å². The first-order valence-electron chi connectivity index (χ1n) is 6.22. The fourth-order valence-corrected chi connectivity index (χ4v) is 2.34. The zero-order valence-corrected chi connectivity index (χ0v) is 11.6. The van der Waals surface area contributed by atoms with E-state index in [-0.39, 0.29) is 22.7 Å². The lowest BCUT2D eigenvalue weighted by Gasteiger charge is -2.23. The number of rotatable bonds is 4. The Balaban J connectivity index is 2.40. The molecule has 0 saturated heterocycles. The molecule has 0 aliphatic carbocycles. The Labute approximate surface area is 125 Å². The minimum atomic E-state index is -1.28. The lowest BCUT2D eigenvalue weighted by molar-refractivity contribution is 0.145. The second kappa shape index (κ2) is 6.47. The molecule has 2 rings (SSSR count). The zero-order chi connectivity index (χ0) is 15.6. The van der Waals surface area contributed by atoms with Crippen LogP contribution in [0.1, 0.15) is 23.1 Å². The molecule has 0 aliphatic heterocycles. The highest BCUT2D eigenvalue weighted by Crippen LogP contribution is 2.34. The van der Waals surface area contributed by atoms with E-state index in [0.29, 0.717) is 0 Å². The van der Waals surface area contributed by atoms with Gasteiger partial charge in [0.05, 0.1) is 11.1 Å². The predicted molar refractivity (Wildman–Crippen MR) is 74.5 cm³/mol. The maximum absolute atomic E-state index is 14.0. The lowest BCUT2D eigenvalue weighted by Crippen LogP contribution is -2.21. The van der Waals surface area contributed by atoms with Gasteiger partial charge in [-0.1, -0.05) is 29.8 Å². The van der Waals surface area contributed by atoms with Crippen molar-refractivity contribution in [3.8, 4) is 0 Å². The van der Waals surface area contributed by atoms with Crippen LogP contribution >= 0.6 is 11.6 Å². The second-order valence-corrected chi connectivity index (χ2v) is 5.01. The number of nitrogens with two attached hydrogens (primary N) is 1. The highest BCUT2D eigenvalue weighted by atomic mass is 35.5. The van der Waals surface area contributed by atoms with Crippen molar-refractivity contribution in [2.45, 2.75) is 12.0 Å². The molecule has 21 heavy (non-hydrogen) atoms. The average molecular weight is 316 g/mol. The predicted octanol–water partition coefficient (Wildman–Crippen LogP) is 3.53. The molecule has 2 atom stereocenters. The summed E-state index contributed by atoms with van der Waals surface area (Å²) in [6.07, 6.45) is -1.28. The van der Waals surface area contributed by atoms with E-state index in [2.05, 4.69) is 0 Å². The van der Waals surface area contributed by atoms with Gasteiger partial charge in [-0.05, 0) is 29.3 Å². The molecule has 6 heteroatoms. The first-order chi connectivity index (χ1) is 9.95. The average Bonchev–Trinajstić information content (AvgIpc) is 2.47. The fourth-order valence-electron chi connectivity index (χ4n) is 2.16. The summed E-state index contributed by atoms with van der Waals surface area (Å²) >= 11 is 5.70. The third-order valence-corrected chi connectivity index (χ3v) is 3.59. The summed E-state index contributed by atoms with van der Waals surface area (Å²) in [6.45, 7) is -0.0859. The summed E-state index contributed by atoms with van der Waals surface area (Å²) < 4.78 is 40.2. The van der Waals surface area contributed by atoms with E-state index in [1.165, 1.54) is 24.3 Å². The Kier molecular flexibility index (Phi) is 4.88. The van der Waals surface area contributed by atoms with E-state index in [1.54, 1.807) is 0 Å². The molecule has 0 spiro atoms. The van der Waals surface area contributed by atoms with Crippen molar-refractivity contribution in [3.63, 3.8) is 0 Å². The van der Waals surface area contributed by atoms with Gasteiger partial charge < -0.3 is 10.8 Å². The van der Waals surface area contributed by atoms with Gasteiger partial charge in [-0.15, -0.1) is 0 Å². The molecule has 2 aromatic carbocycles. The first-order valence-corrected chi connectivity index (χ1v) is 6.60. The van der Waals surface area contributed by atoms with Crippen LogP contribution in [0.2, 0.25) is 5.02 Å². The van der Waals surface area contributed by atoms with Crippen molar-refractivity contribution in [1.82, 2.24) is 0 Å². The van der Waals surface area contributed by atoms with Crippen LogP contribution in [0.15, 0.2) is 36.4 Å². The molecule has 0 bridgehead atoms. The number of halogens is 4. The highest BCUT2D eigenvalue weighted by molar-refractivity contribution is 6.30. The topological polar surface area (TPSA) is 46.2 Å². The summed E-state index contributed by atoms with van der Waals surface area (Å²) in [5, 5.41) is 10.2. The van der Waals surface area contributed by atoms with Gasteiger partial charge >= 0.3 is 0 Å². The van der Waals surface area contributed by atoms with Crippen LogP contribution in [0.5, 0.6) is 0 Å². The Morgan fingerprint density at radius 1 is 1.10 bits per heavy atom.